The van der Waals surface area contributed by atoms with Gasteiger partial charge in [-0.3, -0.25) is 4.79 Å². The van der Waals surface area contributed by atoms with E-state index in [1.165, 1.54) is 0 Å². The van der Waals surface area contributed by atoms with Gasteiger partial charge in [-0.05, 0) is 43.0 Å². The summed E-state index contributed by atoms with van der Waals surface area (Å²) in [4.78, 5) is 23.4. The van der Waals surface area contributed by atoms with Crippen molar-refractivity contribution in [3.05, 3.63) is 29.3 Å². The van der Waals surface area contributed by atoms with Gasteiger partial charge in [0, 0.05) is 5.56 Å². The first-order chi connectivity index (χ1) is 9.51. The Bertz CT molecular complexity index is 477. The molecular weight excluding hydrogens is 256 g/mol. The quantitative estimate of drug-likeness (QED) is 0.436. The van der Waals surface area contributed by atoms with Crippen molar-refractivity contribution in [2.24, 2.45) is 0 Å². The molecule has 0 fully saturated rings. The fourth-order valence-electron chi connectivity index (χ4n) is 1.80. The molecule has 0 bridgehead atoms. The van der Waals surface area contributed by atoms with E-state index in [1.807, 2.05) is 20.8 Å². The van der Waals surface area contributed by atoms with E-state index >= 15 is 0 Å². The number of ether oxygens (including phenoxy) is 2. The predicted octanol–water partition coefficient (Wildman–Crippen LogP) is 3.34. The molecule has 0 N–H and O–H groups in total. The molecule has 0 spiro atoms. The second-order valence-corrected chi connectivity index (χ2v) is 4.81. The van der Waals surface area contributed by atoms with Crippen LogP contribution < -0.4 is 4.74 Å². The largest absolute Gasteiger partial charge is 0.493 e. The zero-order valence-electron chi connectivity index (χ0n) is 12.6. The zero-order valence-corrected chi connectivity index (χ0v) is 12.6. The first-order valence-corrected chi connectivity index (χ1v) is 6.99. The molecule has 4 nitrogen and oxygen atoms in total. The highest BCUT2D eigenvalue weighted by molar-refractivity contribution is 6.40. The molecule has 4 heteroatoms. The van der Waals surface area contributed by atoms with E-state index in [4.69, 9.17) is 9.47 Å². The van der Waals surface area contributed by atoms with Crippen molar-refractivity contribution >= 4 is 11.8 Å². The van der Waals surface area contributed by atoms with Gasteiger partial charge in [-0.15, -0.1) is 0 Å². The molecule has 110 valence electrons. The molecule has 0 heterocycles. The third-order valence-corrected chi connectivity index (χ3v) is 2.82. The van der Waals surface area contributed by atoms with Gasteiger partial charge in [0.25, 0.3) is 5.78 Å². The molecule has 0 aliphatic carbocycles. The minimum Gasteiger partial charge on any atom is -0.493 e. The van der Waals surface area contributed by atoms with Crippen molar-refractivity contribution in [3.8, 4) is 5.75 Å². The summed E-state index contributed by atoms with van der Waals surface area (Å²) in [5.74, 6) is -0.459. The maximum atomic E-state index is 11.9. The lowest BCUT2D eigenvalue weighted by molar-refractivity contribution is -0.137. The molecule has 0 aliphatic rings. The highest BCUT2D eigenvalue weighted by Gasteiger charge is 2.19. The summed E-state index contributed by atoms with van der Waals surface area (Å²) in [6.07, 6.45) is 0.918. The van der Waals surface area contributed by atoms with Crippen LogP contribution in [0.5, 0.6) is 5.75 Å². The smallest absolute Gasteiger partial charge is 0.379 e. The van der Waals surface area contributed by atoms with Crippen LogP contribution in [0.15, 0.2) is 18.2 Å². The van der Waals surface area contributed by atoms with Gasteiger partial charge in [-0.1, -0.05) is 20.8 Å². The fraction of sp³-hybridized carbons (Fsp3) is 0.500. The van der Waals surface area contributed by atoms with E-state index in [-0.39, 0.29) is 12.5 Å². The summed E-state index contributed by atoms with van der Waals surface area (Å²) in [6.45, 7) is 8.57. The van der Waals surface area contributed by atoms with Crippen LogP contribution in [0.25, 0.3) is 0 Å². The van der Waals surface area contributed by atoms with Crippen molar-refractivity contribution < 1.29 is 19.1 Å². The normalized spacial score (nSPS) is 10.4. The monoisotopic (exact) mass is 278 g/mol. The van der Waals surface area contributed by atoms with Crippen LogP contribution in [-0.4, -0.2) is 25.0 Å². The Kier molecular flexibility index (Phi) is 6.22. The van der Waals surface area contributed by atoms with Crippen molar-refractivity contribution in [3.63, 3.8) is 0 Å². The molecule has 0 aromatic heterocycles. The molecule has 1 rings (SSSR count). The lowest BCUT2D eigenvalue weighted by Crippen LogP contribution is -2.18. The van der Waals surface area contributed by atoms with Crippen molar-refractivity contribution in [1.29, 1.82) is 0 Å². The predicted molar refractivity (Wildman–Crippen MR) is 77.3 cm³/mol. The van der Waals surface area contributed by atoms with Gasteiger partial charge < -0.3 is 9.47 Å². The third kappa shape index (κ3) is 4.08. The number of benzene rings is 1. The van der Waals surface area contributed by atoms with Crippen LogP contribution >= 0.6 is 0 Å². The Balaban J connectivity index is 3.03. The summed E-state index contributed by atoms with van der Waals surface area (Å²) in [5, 5.41) is 0. The molecule has 0 aliphatic heterocycles. The number of carbonyl (C=O) groups excluding carboxylic acids is 2. The second kappa shape index (κ2) is 7.68. The SMILES string of the molecule is CCCOc1ccc(C(=O)C(=O)OCC)cc1C(C)C. The first-order valence-electron chi connectivity index (χ1n) is 6.99. The van der Waals surface area contributed by atoms with Crippen molar-refractivity contribution in [1.82, 2.24) is 0 Å². The van der Waals surface area contributed by atoms with Gasteiger partial charge in [0.15, 0.2) is 0 Å². The summed E-state index contributed by atoms with van der Waals surface area (Å²) < 4.78 is 10.4. The average Bonchev–Trinajstić information content (AvgIpc) is 2.44. The van der Waals surface area contributed by atoms with Crippen LogP contribution in [0.2, 0.25) is 0 Å². The lowest BCUT2D eigenvalue weighted by atomic mass is 9.98. The molecule has 0 unspecified atom stereocenters. The molecule has 0 saturated carbocycles. The molecule has 0 radical (unpaired) electrons. The van der Waals surface area contributed by atoms with Gasteiger partial charge in [-0.2, -0.15) is 0 Å². The summed E-state index contributed by atoms with van der Waals surface area (Å²) in [6, 6.07) is 5.07. The highest BCUT2D eigenvalue weighted by Crippen LogP contribution is 2.28. The Morgan fingerprint density at radius 2 is 1.90 bits per heavy atom. The Hall–Kier alpha value is -1.84. The molecule has 1 aromatic rings. The Morgan fingerprint density at radius 3 is 2.45 bits per heavy atom. The van der Waals surface area contributed by atoms with Crippen LogP contribution in [0.1, 0.15) is 56.0 Å². The molecular formula is C16H22O4. The number of rotatable bonds is 7. The van der Waals surface area contributed by atoms with Gasteiger partial charge in [0.1, 0.15) is 5.75 Å². The van der Waals surface area contributed by atoms with Gasteiger partial charge in [0.05, 0.1) is 13.2 Å². The third-order valence-electron chi connectivity index (χ3n) is 2.82. The first kappa shape index (κ1) is 16.2. The van der Waals surface area contributed by atoms with E-state index < -0.39 is 11.8 Å². The molecule has 0 amide bonds. The van der Waals surface area contributed by atoms with E-state index in [1.54, 1.807) is 25.1 Å². The van der Waals surface area contributed by atoms with Gasteiger partial charge in [0.2, 0.25) is 0 Å². The van der Waals surface area contributed by atoms with Gasteiger partial charge in [-0.25, -0.2) is 4.79 Å². The number of carbonyl (C=O) groups is 2. The number of Topliss-reactive ketones (excluding diaryl/α,β-unsaturated/α-hetero) is 1. The minimum atomic E-state index is -0.815. The second-order valence-electron chi connectivity index (χ2n) is 4.81. The van der Waals surface area contributed by atoms with Gasteiger partial charge >= 0.3 is 5.97 Å². The standard InChI is InChI=1S/C16H22O4/c1-5-9-20-14-8-7-12(10-13(14)11(3)4)15(17)16(18)19-6-2/h7-8,10-11H,5-6,9H2,1-4H3. The average molecular weight is 278 g/mol. The Labute approximate surface area is 120 Å². The Morgan fingerprint density at radius 1 is 1.20 bits per heavy atom. The summed E-state index contributed by atoms with van der Waals surface area (Å²) in [7, 11) is 0. The van der Waals surface area contributed by atoms with Crippen LogP contribution in [-0.2, 0) is 9.53 Å². The topological polar surface area (TPSA) is 52.6 Å². The van der Waals surface area contributed by atoms with Crippen LogP contribution in [0.3, 0.4) is 0 Å². The van der Waals surface area contributed by atoms with E-state index in [2.05, 4.69) is 0 Å². The maximum Gasteiger partial charge on any atom is 0.379 e. The molecule has 20 heavy (non-hydrogen) atoms. The number of hydrogen-bond acceptors (Lipinski definition) is 4. The maximum absolute atomic E-state index is 11.9. The minimum absolute atomic E-state index is 0.194. The van der Waals surface area contributed by atoms with Crippen LogP contribution in [0, 0.1) is 0 Å². The summed E-state index contributed by atoms with van der Waals surface area (Å²) in [5.41, 5.74) is 1.27. The van der Waals surface area contributed by atoms with Crippen LogP contribution in [0.4, 0.5) is 0 Å². The van der Waals surface area contributed by atoms with E-state index in [0.717, 1.165) is 17.7 Å². The molecule has 0 atom stereocenters. The van der Waals surface area contributed by atoms with Crippen molar-refractivity contribution in [2.75, 3.05) is 13.2 Å². The van der Waals surface area contributed by atoms with E-state index in [9.17, 15) is 9.59 Å². The number of esters is 1. The summed E-state index contributed by atoms with van der Waals surface area (Å²) >= 11 is 0. The zero-order chi connectivity index (χ0) is 15.1. The molecule has 1 aromatic carbocycles. The van der Waals surface area contributed by atoms with E-state index in [0.29, 0.717) is 12.2 Å². The van der Waals surface area contributed by atoms with Crippen molar-refractivity contribution in [2.45, 2.75) is 40.0 Å². The number of ketones is 1. The lowest BCUT2D eigenvalue weighted by Gasteiger charge is -2.14. The fourth-order valence-corrected chi connectivity index (χ4v) is 1.80. The number of hydrogen-bond donors (Lipinski definition) is 0. The molecule has 0 saturated heterocycles. The highest BCUT2D eigenvalue weighted by atomic mass is 16.5.